The number of halogens is 1. The summed E-state index contributed by atoms with van der Waals surface area (Å²) in [5, 5.41) is 15.2. The molecule has 0 radical (unpaired) electrons. The number of likely N-dealkylation sites (tertiary alicyclic amines) is 2. The number of methoxy groups -OCH3 is 1. The van der Waals surface area contributed by atoms with Crippen LogP contribution in [0.1, 0.15) is 47.2 Å². The molecule has 1 aromatic heterocycles. The zero-order chi connectivity index (χ0) is 28.4. The van der Waals surface area contributed by atoms with Crippen LogP contribution >= 0.6 is 11.6 Å². The highest BCUT2D eigenvalue weighted by molar-refractivity contribution is 6.31. The SMILES string of the molecule is COC(=O)c1cc(NC(=O)C2CCC(=O)N2C2CCN(Cc3ccc(Cl)c(C)c3)CC2)cc(-c2nnnn2C)c1. The first-order chi connectivity index (χ1) is 19.2. The standard InChI is InChI=1S/C28H32ClN7O4/c1-17-12-18(4-5-23(17)29)16-35-10-8-22(9-11-35)36-24(6-7-25(36)37)27(38)30-21-14-19(26-31-32-33-34(26)2)13-20(15-21)28(39)40-3/h4-5,12-15,22,24H,6-11,16H2,1-3H3,(H,30,38). The molecule has 1 atom stereocenters. The van der Waals surface area contributed by atoms with Gasteiger partial charge in [0.1, 0.15) is 6.04 Å². The van der Waals surface area contributed by atoms with E-state index in [1.54, 1.807) is 30.1 Å². The number of aryl methyl sites for hydroxylation is 2. The molecule has 3 aromatic rings. The summed E-state index contributed by atoms with van der Waals surface area (Å²) in [6.07, 6.45) is 2.37. The van der Waals surface area contributed by atoms with Crippen LogP contribution in [0.4, 0.5) is 5.69 Å². The number of rotatable bonds is 7. The maximum atomic E-state index is 13.5. The normalized spacial score (nSPS) is 18.2. The van der Waals surface area contributed by atoms with Crippen LogP contribution in [0.25, 0.3) is 11.4 Å². The summed E-state index contributed by atoms with van der Waals surface area (Å²) in [6.45, 7) is 4.49. The Balaban J connectivity index is 1.28. The largest absolute Gasteiger partial charge is 0.465 e. The molecule has 5 rings (SSSR count). The first kappa shape index (κ1) is 27.7. The highest BCUT2D eigenvalue weighted by Gasteiger charge is 2.41. The van der Waals surface area contributed by atoms with Crippen LogP contribution < -0.4 is 5.32 Å². The molecular weight excluding hydrogens is 534 g/mol. The molecule has 0 bridgehead atoms. The molecule has 2 fully saturated rings. The number of benzene rings is 2. The van der Waals surface area contributed by atoms with Gasteiger partial charge < -0.3 is 15.0 Å². The summed E-state index contributed by atoms with van der Waals surface area (Å²) in [4.78, 5) is 42.9. The van der Waals surface area contributed by atoms with E-state index >= 15 is 0 Å². The molecule has 2 amide bonds. The van der Waals surface area contributed by atoms with Crippen LogP contribution in [-0.2, 0) is 27.9 Å². The van der Waals surface area contributed by atoms with Gasteiger partial charge in [-0.05, 0) is 72.0 Å². The predicted octanol–water partition coefficient (Wildman–Crippen LogP) is 3.22. The van der Waals surface area contributed by atoms with Gasteiger partial charge >= 0.3 is 5.97 Å². The fraction of sp³-hybridized carbons (Fsp3) is 0.429. The van der Waals surface area contributed by atoms with Gasteiger partial charge in [-0.25, -0.2) is 9.48 Å². The smallest absolute Gasteiger partial charge is 0.337 e. The molecule has 210 valence electrons. The van der Waals surface area contributed by atoms with Crippen LogP contribution in [0, 0.1) is 6.92 Å². The molecule has 11 nitrogen and oxygen atoms in total. The summed E-state index contributed by atoms with van der Waals surface area (Å²) in [6, 6.07) is 10.4. The fourth-order valence-electron chi connectivity index (χ4n) is 5.60. The first-order valence-electron chi connectivity index (χ1n) is 13.3. The zero-order valence-electron chi connectivity index (χ0n) is 22.8. The van der Waals surface area contributed by atoms with E-state index in [0.29, 0.717) is 29.9 Å². The average Bonchev–Trinajstić information content (AvgIpc) is 3.56. The molecule has 12 heteroatoms. The van der Waals surface area contributed by atoms with Crippen molar-refractivity contribution in [1.29, 1.82) is 0 Å². The molecule has 2 saturated heterocycles. The lowest BCUT2D eigenvalue weighted by Crippen LogP contribution is -2.51. The lowest BCUT2D eigenvalue weighted by Gasteiger charge is -2.39. The molecule has 2 aliphatic rings. The third-order valence-electron chi connectivity index (χ3n) is 7.64. The number of carbonyl (C=O) groups is 3. The summed E-state index contributed by atoms with van der Waals surface area (Å²) in [5.41, 5.74) is 3.47. The van der Waals surface area contributed by atoms with Crippen LogP contribution in [0.3, 0.4) is 0 Å². The van der Waals surface area contributed by atoms with E-state index in [-0.39, 0.29) is 23.4 Å². The number of ether oxygens (including phenoxy) is 1. The number of aromatic nitrogens is 4. The third kappa shape index (κ3) is 5.85. The molecule has 3 heterocycles. The van der Waals surface area contributed by atoms with Crippen molar-refractivity contribution in [3.63, 3.8) is 0 Å². The van der Waals surface area contributed by atoms with Crippen molar-refractivity contribution in [3.8, 4) is 11.4 Å². The van der Waals surface area contributed by atoms with Crippen molar-refractivity contribution < 1.29 is 19.1 Å². The second-order valence-electron chi connectivity index (χ2n) is 10.4. The lowest BCUT2D eigenvalue weighted by atomic mass is 10.0. The minimum Gasteiger partial charge on any atom is -0.465 e. The fourth-order valence-corrected chi connectivity index (χ4v) is 5.72. The number of nitrogens with one attached hydrogen (secondary N) is 1. The van der Waals surface area contributed by atoms with Crippen LogP contribution in [0.15, 0.2) is 36.4 Å². The van der Waals surface area contributed by atoms with E-state index in [2.05, 4.69) is 31.8 Å². The number of esters is 1. The molecule has 0 saturated carbocycles. The Hall–Kier alpha value is -3.83. The molecule has 1 N–H and O–H groups in total. The van der Waals surface area contributed by atoms with Gasteiger partial charge in [0.05, 0.1) is 12.7 Å². The minimum atomic E-state index is -0.579. The Morgan fingerprint density at radius 1 is 1.12 bits per heavy atom. The van der Waals surface area contributed by atoms with Gasteiger partial charge in [-0.1, -0.05) is 23.7 Å². The predicted molar refractivity (Wildman–Crippen MR) is 149 cm³/mol. The van der Waals surface area contributed by atoms with Gasteiger partial charge in [0, 0.05) is 55.4 Å². The quantitative estimate of drug-likeness (QED) is 0.433. The maximum absolute atomic E-state index is 13.5. The van der Waals surface area contributed by atoms with Crippen LogP contribution in [0.2, 0.25) is 5.02 Å². The summed E-state index contributed by atoms with van der Waals surface area (Å²) in [5.74, 6) is -0.403. The van der Waals surface area contributed by atoms with E-state index < -0.39 is 12.0 Å². The van der Waals surface area contributed by atoms with Crippen molar-refractivity contribution in [1.82, 2.24) is 30.0 Å². The van der Waals surface area contributed by atoms with E-state index in [1.807, 2.05) is 19.1 Å². The number of hydrogen-bond acceptors (Lipinski definition) is 8. The Morgan fingerprint density at radius 3 is 2.58 bits per heavy atom. The lowest BCUT2D eigenvalue weighted by molar-refractivity contribution is -0.136. The summed E-state index contributed by atoms with van der Waals surface area (Å²) in [7, 11) is 2.98. The number of hydrogen-bond donors (Lipinski definition) is 1. The second-order valence-corrected chi connectivity index (χ2v) is 10.8. The number of anilines is 1. The van der Waals surface area contributed by atoms with Crippen LogP contribution in [0.5, 0.6) is 0 Å². The molecule has 2 aromatic carbocycles. The van der Waals surface area contributed by atoms with Crippen molar-refractivity contribution in [2.24, 2.45) is 7.05 Å². The monoisotopic (exact) mass is 565 g/mol. The highest BCUT2D eigenvalue weighted by atomic mass is 35.5. The third-order valence-corrected chi connectivity index (χ3v) is 8.06. The van der Waals surface area contributed by atoms with E-state index in [0.717, 1.165) is 43.1 Å². The minimum absolute atomic E-state index is 0.00101. The summed E-state index contributed by atoms with van der Waals surface area (Å²) < 4.78 is 6.37. The Labute approximate surface area is 237 Å². The van der Waals surface area contributed by atoms with Gasteiger partial charge in [-0.2, -0.15) is 0 Å². The topological polar surface area (TPSA) is 123 Å². The zero-order valence-corrected chi connectivity index (χ0v) is 23.5. The highest BCUT2D eigenvalue weighted by Crippen LogP contribution is 2.30. The first-order valence-corrected chi connectivity index (χ1v) is 13.7. The Kier molecular flexibility index (Phi) is 8.13. The number of tetrazole rings is 1. The maximum Gasteiger partial charge on any atom is 0.337 e. The van der Waals surface area contributed by atoms with Gasteiger partial charge in [0.2, 0.25) is 11.8 Å². The van der Waals surface area contributed by atoms with Crippen LogP contribution in [-0.4, -0.2) is 80.1 Å². The van der Waals surface area contributed by atoms with E-state index in [1.165, 1.54) is 17.4 Å². The van der Waals surface area contributed by atoms with Crippen molar-refractivity contribution in [3.05, 3.63) is 58.1 Å². The van der Waals surface area contributed by atoms with Gasteiger partial charge in [-0.15, -0.1) is 5.10 Å². The Bertz CT molecular complexity index is 1430. The molecule has 2 aliphatic heterocycles. The van der Waals surface area contributed by atoms with Crippen molar-refractivity contribution >= 4 is 35.1 Å². The number of nitrogens with zero attached hydrogens (tertiary/aromatic N) is 6. The molecule has 0 spiro atoms. The summed E-state index contributed by atoms with van der Waals surface area (Å²) >= 11 is 6.17. The second kappa shape index (κ2) is 11.7. The van der Waals surface area contributed by atoms with E-state index in [9.17, 15) is 14.4 Å². The van der Waals surface area contributed by atoms with Gasteiger partial charge in [-0.3, -0.25) is 14.5 Å². The number of carbonyl (C=O) groups excluding carboxylic acids is 3. The van der Waals surface area contributed by atoms with Gasteiger partial charge in [0.25, 0.3) is 0 Å². The average molecular weight is 566 g/mol. The molecule has 1 unspecified atom stereocenters. The number of amides is 2. The Morgan fingerprint density at radius 2 is 1.90 bits per heavy atom. The van der Waals surface area contributed by atoms with Crippen molar-refractivity contribution in [2.45, 2.75) is 51.2 Å². The van der Waals surface area contributed by atoms with E-state index in [4.69, 9.17) is 16.3 Å². The number of piperidine rings is 1. The van der Waals surface area contributed by atoms with Gasteiger partial charge in [0.15, 0.2) is 5.82 Å². The molecule has 0 aliphatic carbocycles. The van der Waals surface area contributed by atoms with Crippen molar-refractivity contribution in [2.75, 3.05) is 25.5 Å². The molecular formula is C28H32ClN7O4. The molecule has 40 heavy (non-hydrogen) atoms.